The first kappa shape index (κ1) is 20.4. The molecule has 1 saturated carbocycles. The molecule has 3 atom stereocenters. The van der Waals surface area contributed by atoms with Gasteiger partial charge in [0.25, 0.3) is 0 Å². The maximum absolute atomic E-state index is 13.8. The molecule has 3 aromatic rings. The molecular formula is C24H18F2N4O4. The summed E-state index contributed by atoms with van der Waals surface area (Å²) < 4.78 is 39.1. The minimum atomic E-state index is -0.728. The molecule has 0 radical (unpaired) electrons. The van der Waals surface area contributed by atoms with E-state index in [1.807, 2.05) is 12.1 Å². The summed E-state index contributed by atoms with van der Waals surface area (Å²) in [7, 11) is 0. The smallest absolute Gasteiger partial charge is 0.319 e. The lowest BCUT2D eigenvalue weighted by Gasteiger charge is -2.19. The average molecular weight is 464 g/mol. The van der Waals surface area contributed by atoms with Gasteiger partial charge in [-0.05, 0) is 42.8 Å². The molecule has 172 valence electrons. The first-order chi connectivity index (χ1) is 16.5. The van der Waals surface area contributed by atoms with Crippen molar-refractivity contribution >= 4 is 23.4 Å². The van der Waals surface area contributed by atoms with Crippen molar-refractivity contribution in [2.45, 2.75) is 30.9 Å². The Morgan fingerprint density at radius 2 is 2.03 bits per heavy atom. The van der Waals surface area contributed by atoms with Crippen LogP contribution in [0.1, 0.15) is 23.5 Å². The normalized spacial score (nSPS) is 21.4. The van der Waals surface area contributed by atoms with Crippen LogP contribution in [0.3, 0.4) is 0 Å². The molecule has 0 saturated heterocycles. The maximum Gasteiger partial charge on any atom is 0.319 e. The van der Waals surface area contributed by atoms with Crippen LogP contribution in [0, 0.1) is 11.6 Å². The van der Waals surface area contributed by atoms with Crippen molar-refractivity contribution < 1.29 is 27.8 Å². The molecule has 0 spiro atoms. The van der Waals surface area contributed by atoms with Crippen molar-refractivity contribution in [1.82, 2.24) is 10.3 Å². The van der Waals surface area contributed by atoms with Gasteiger partial charge in [-0.25, -0.2) is 18.6 Å². The standard InChI is InChI=1S/C24H18F2N4O4/c25-11-1-4-15(26)16(9-11)28-24(32)30-21-20-14-10-12(2-5-17(14)34-22(20)21)33-18-7-8-27-23-13(18)3-6-19(31)29-23/h1-2,4-5,7-10,20-22H,3,6H2,(H,27,29,31)(H2,28,30,32)/t20-,21+,22-/m0/s1. The van der Waals surface area contributed by atoms with Crippen LogP contribution in [-0.2, 0) is 11.2 Å². The number of fused-ring (bicyclic) bond motifs is 4. The number of nitrogens with one attached hydrogen (secondary N) is 3. The van der Waals surface area contributed by atoms with Crippen LogP contribution in [0.25, 0.3) is 0 Å². The SMILES string of the molecule is O=C1CCc2c(Oc3ccc4c(c3)[C@H]3[C@@H](NC(=O)Nc5cc(F)ccc5F)[C@H]3O4)ccnc2N1. The van der Waals surface area contributed by atoms with Gasteiger partial charge in [-0.2, -0.15) is 0 Å². The lowest BCUT2D eigenvalue weighted by molar-refractivity contribution is -0.116. The number of halogens is 2. The van der Waals surface area contributed by atoms with E-state index in [0.29, 0.717) is 35.9 Å². The predicted molar refractivity (Wildman–Crippen MR) is 117 cm³/mol. The molecule has 2 aromatic carbocycles. The van der Waals surface area contributed by atoms with Crippen LogP contribution in [0.2, 0.25) is 0 Å². The van der Waals surface area contributed by atoms with Crippen molar-refractivity contribution in [2.75, 3.05) is 10.6 Å². The highest BCUT2D eigenvalue weighted by Crippen LogP contribution is 2.54. The molecule has 2 aliphatic heterocycles. The quantitative estimate of drug-likeness (QED) is 0.540. The number of carbonyl (C=O) groups excluding carboxylic acids is 2. The van der Waals surface area contributed by atoms with E-state index in [0.717, 1.165) is 29.3 Å². The average Bonchev–Trinajstić information content (AvgIpc) is 3.32. The second-order valence-electron chi connectivity index (χ2n) is 8.34. The lowest BCUT2D eigenvalue weighted by atomic mass is 10.1. The summed E-state index contributed by atoms with van der Waals surface area (Å²) in [5, 5.41) is 7.83. The highest BCUT2D eigenvalue weighted by Gasteiger charge is 2.59. The molecule has 1 fully saturated rings. The molecule has 3 heterocycles. The van der Waals surface area contributed by atoms with Gasteiger partial charge >= 0.3 is 6.03 Å². The third-order valence-corrected chi connectivity index (χ3v) is 6.13. The van der Waals surface area contributed by atoms with Gasteiger partial charge < -0.3 is 25.4 Å². The Bertz CT molecular complexity index is 1350. The number of carbonyl (C=O) groups is 2. The van der Waals surface area contributed by atoms with Crippen LogP contribution in [0.5, 0.6) is 17.2 Å². The van der Waals surface area contributed by atoms with Gasteiger partial charge in [0, 0.05) is 29.8 Å². The molecule has 3 amide bonds. The fraction of sp³-hybridized carbons (Fsp3) is 0.208. The van der Waals surface area contributed by atoms with Gasteiger partial charge in [-0.1, -0.05) is 0 Å². The first-order valence-corrected chi connectivity index (χ1v) is 10.7. The predicted octanol–water partition coefficient (Wildman–Crippen LogP) is 4.09. The summed E-state index contributed by atoms with van der Waals surface area (Å²) >= 11 is 0. The summed E-state index contributed by atoms with van der Waals surface area (Å²) in [6.45, 7) is 0. The second kappa shape index (κ2) is 7.68. The maximum atomic E-state index is 13.8. The van der Waals surface area contributed by atoms with Crippen LogP contribution >= 0.6 is 0 Å². The van der Waals surface area contributed by atoms with E-state index in [9.17, 15) is 18.4 Å². The highest BCUT2D eigenvalue weighted by atomic mass is 19.1. The van der Waals surface area contributed by atoms with Crippen molar-refractivity contribution in [1.29, 1.82) is 0 Å². The zero-order chi connectivity index (χ0) is 23.4. The molecule has 3 N–H and O–H groups in total. The summed E-state index contributed by atoms with van der Waals surface area (Å²) in [5.41, 5.74) is 1.49. The van der Waals surface area contributed by atoms with E-state index in [-0.39, 0.29) is 29.7 Å². The molecular weight excluding hydrogens is 446 g/mol. The van der Waals surface area contributed by atoms with Gasteiger partial charge in [0.1, 0.15) is 40.8 Å². The van der Waals surface area contributed by atoms with E-state index < -0.39 is 17.7 Å². The highest BCUT2D eigenvalue weighted by molar-refractivity contribution is 5.93. The number of nitrogens with zero attached hydrogens (tertiary/aromatic N) is 1. The topological polar surface area (TPSA) is 102 Å². The van der Waals surface area contributed by atoms with Gasteiger partial charge in [-0.3, -0.25) is 4.79 Å². The zero-order valence-electron chi connectivity index (χ0n) is 17.6. The fourth-order valence-electron chi connectivity index (χ4n) is 4.46. The molecule has 8 nitrogen and oxygen atoms in total. The fourth-order valence-corrected chi connectivity index (χ4v) is 4.46. The molecule has 6 rings (SSSR count). The monoisotopic (exact) mass is 464 g/mol. The van der Waals surface area contributed by atoms with Crippen LogP contribution in [-0.4, -0.2) is 29.1 Å². The Hall–Kier alpha value is -4.21. The third-order valence-electron chi connectivity index (χ3n) is 6.13. The summed E-state index contributed by atoms with van der Waals surface area (Å²) in [6.07, 6.45) is 2.24. The van der Waals surface area contributed by atoms with Crippen molar-refractivity contribution in [2.24, 2.45) is 0 Å². The van der Waals surface area contributed by atoms with E-state index in [4.69, 9.17) is 9.47 Å². The number of anilines is 2. The van der Waals surface area contributed by atoms with E-state index >= 15 is 0 Å². The Balaban J connectivity index is 1.15. The van der Waals surface area contributed by atoms with Gasteiger partial charge in [-0.15, -0.1) is 0 Å². The number of urea groups is 1. The number of hydrogen-bond donors (Lipinski definition) is 3. The van der Waals surface area contributed by atoms with E-state index in [1.165, 1.54) is 0 Å². The van der Waals surface area contributed by atoms with Crippen molar-refractivity contribution in [3.63, 3.8) is 0 Å². The lowest BCUT2D eigenvalue weighted by Crippen LogP contribution is -2.34. The minimum Gasteiger partial charge on any atom is -0.487 e. The Labute approximate surface area is 192 Å². The number of pyridine rings is 1. The van der Waals surface area contributed by atoms with Crippen LogP contribution < -0.4 is 25.4 Å². The third kappa shape index (κ3) is 3.57. The Kier molecular flexibility index (Phi) is 4.61. The molecule has 0 unspecified atom stereocenters. The Morgan fingerprint density at radius 1 is 1.15 bits per heavy atom. The molecule has 1 aromatic heterocycles. The van der Waals surface area contributed by atoms with E-state index in [2.05, 4.69) is 20.9 Å². The van der Waals surface area contributed by atoms with Crippen molar-refractivity contribution in [3.8, 4) is 17.2 Å². The second-order valence-corrected chi connectivity index (χ2v) is 8.34. The van der Waals surface area contributed by atoms with Gasteiger partial charge in [0.15, 0.2) is 0 Å². The van der Waals surface area contributed by atoms with Gasteiger partial charge in [0.05, 0.1) is 17.6 Å². The van der Waals surface area contributed by atoms with Gasteiger partial charge in [0.2, 0.25) is 5.91 Å². The molecule has 1 aliphatic carbocycles. The number of aromatic nitrogens is 1. The Morgan fingerprint density at radius 3 is 2.91 bits per heavy atom. The first-order valence-electron chi connectivity index (χ1n) is 10.7. The van der Waals surface area contributed by atoms with E-state index in [1.54, 1.807) is 18.3 Å². The number of rotatable bonds is 4. The molecule has 0 bridgehead atoms. The number of amides is 3. The number of benzene rings is 2. The van der Waals surface area contributed by atoms with Crippen molar-refractivity contribution in [3.05, 3.63) is 71.4 Å². The van der Waals surface area contributed by atoms with Crippen LogP contribution in [0.15, 0.2) is 48.7 Å². The minimum absolute atomic E-state index is 0.0747. The molecule has 34 heavy (non-hydrogen) atoms. The summed E-state index contributed by atoms with van der Waals surface area (Å²) in [4.78, 5) is 28.1. The van der Waals surface area contributed by atoms with Crippen LogP contribution in [0.4, 0.5) is 25.1 Å². The summed E-state index contributed by atoms with van der Waals surface area (Å²) in [5.74, 6) is 0.886. The largest absolute Gasteiger partial charge is 0.487 e. The summed E-state index contributed by atoms with van der Waals surface area (Å²) in [6, 6.07) is 9.11. The molecule has 10 heteroatoms. The number of hydrogen-bond acceptors (Lipinski definition) is 5. The molecule has 3 aliphatic rings. The zero-order valence-corrected chi connectivity index (χ0v) is 17.6. The number of ether oxygens (including phenoxy) is 2.